The summed E-state index contributed by atoms with van der Waals surface area (Å²) in [7, 11) is -2.35. The molecule has 6 heteroatoms. The lowest BCUT2D eigenvalue weighted by atomic mass is 10.1. The fraction of sp³-hybridized carbons (Fsp3) is 0.278. The van der Waals surface area contributed by atoms with Gasteiger partial charge in [0.1, 0.15) is 0 Å². The van der Waals surface area contributed by atoms with Crippen molar-refractivity contribution in [3.8, 4) is 0 Å². The van der Waals surface area contributed by atoms with Gasteiger partial charge in [-0.25, -0.2) is 8.42 Å². The number of ether oxygens (including phenoxy) is 1. The average molecular weight is 345 g/mol. The molecule has 0 spiro atoms. The first-order chi connectivity index (χ1) is 11.4. The van der Waals surface area contributed by atoms with Crippen LogP contribution in [-0.4, -0.2) is 31.8 Å². The minimum absolute atomic E-state index is 0.0428. The highest BCUT2D eigenvalue weighted by atomic mass is 32.2. The van der Waals surface area contributed by atoms with Crippen LogP contribution in [0.4, 0.5) is 0 Å². The molecule has 0 radical (unpaired) electrons. The van der Waals surface area contributed by atoms with Gasteiger partial charge in [-0.3, -0.25) is 4.79 Å². The van der Waals surface area contributed by atoms with Gasteiger partial charge in [0.05, 0.1) is 30.5 Å². The van der Waals surface area contributed by atoms with Crippen LogP contribution in [0.5, 0.6) is 0 Å². The highest BCUT2D eigenvalue weighted by molar-refractivity contribution is 7.89. The Balaban J connectivity index is 1.94. The van der Waals surface area contributed by atoms with Gasteiger partial charge in [-0.2, -0.15) is 4.31 Å². The van der Waals surface area contributed by atoms with Gasteiger partial charge < -0.3 is 4.74 Å². The number of sulfonamides is 1. The first kappa shape index (κ1) is 16.7. The minimum Gasteiger partial charge on any atom is -0.469 e. The zero-order chi connectivity index (χ0) is 17.3. The van der Waals surface area contributed by atoms with Gasteiger partial charge >= 0.3 is 5.97 Å². The maximum atomic E-state index is 12.9. The predicted octanol–water partition coefficient (Wildman–Crippen LogP) is 2.67. The Kier molecular flexibility index (Phi) is 4.43. The summed E-state index contributed by atoms with van der Waals surface area (Å²) >= 11 is 0. The summed E-state index contributed by atoms with van der Waals surface area (Å²) < 4.78 is 32.0. The van der Waals surface area contributed by atoms with Gasteiger partial charge in [-0.15, -0.1) is 0 Å². The molecule has 5 nitrogen and oxygen atoms in total. The maximum Gasteiger partial charge on any atom is 0.307 e. The van der Waals surface area contributed by atoms with Gasteiger partial charge in [-0.1, -0.05) is 48.0 Å². The number of carbonyl (C=O) groups is 1. The number of carbonyl (C=O) groups excluding carboxylic acids is 1. The van der Waals surface area contributed by atoms with Crippen LogP contribution < -0.4 is 0 Å². The number of methoxy groups -OCH3 is 1. The number of hydrogen-bond acceptors (Lipinski definition) is 4. The fourth-order valence-corrected chi connectivity index (χ4v) is 4.67. The Morgan fingerprint density at radius 2 is 1.71 bits per heavy atom. The molecule has 1 fully saturated rings. The lowest BCUT2D eigenvalue weighted by molar-refractivity contribution is -0.140. The van der Waals surface area contributed by atoms with E-state index in [1.165, 1.54) is 11.4 Å². The maximum absolute atomic E-state index is 12.9. The Labute approximate surface area is 141 Å². The third kappa shape index (κ3) is 3.07. The van der Waals surface area contributed by atoms with Crippen molar-refractivity contribution in [2.24, 2.45) is 0 Å². The summed E-state index contributed by atoms with van der Waals surface area (Å²) in [4.78, 5) is 11.9. The van der Waals surface area contributed by atoms with E-state index in [1.807, 2.05) is 37.3 Å². The molecule has 3 atom stereocenters. The molecule has 0 N–H and O–H groups in total. The SMILES string of the molecule is COC(=O)C[C@H]1[C@H](c2ccccc2)N1S(=O)(=O)c1ccc(C)cc1. The standard InChI is InChI=1S/C18H19NO4S/c1-13-8-10-15(11-9-13)24(21,22)19-16(12-17(20)23-2)18(19)14-6-4-3-5-7-14/h3-11,16,18H,12H2,1-2H3/t16-,18-,19?/m0/s1. The molecule has 0 aromatic heterocycles. The Bertz CT molecular complexity index is 831. The van der Waals surface area contributed by atoms with E-state index in [9.17, 15) is 13.2 Å². The summed E-state index contributed by atoms with van der Waals surface area (Å²) in [5, 5.41) is 0. The molecule has 1 unspecified atom stereocenters. The average Bonchev–Trinajstić information content (AvgIpc) is 3.30. The quantitative estimate of drug-likeness (QED) is 0.617. The molecule has 0 aliphatic carbocycles. The van der Waals surface area contributed by atoms with E-state index in [0.29, 0.717) is 0 Å². The monoisotopic (exact) mass is 345 g/mol. The van der Waals surface area contributed by atoms with Gasteiger partial charge in [0, 0.05) is 0 Å². The zero-order valence-corrected chi connectivity index (χ0v) is 14.4. The normalized spacial score (nSPS) is 22.8. The van der Waals surface area contributed by atoms with Crippen molar-refractivity contribution in [2.45, 2.75) is 30.3 Å². The molecule has 0 amide bonds. The third-order valence-corrected chi connectivity index (χ3v) is 6.14. The second-order valence-corrected chi connectivity index (χ2v) is 7.69. The van der Waals surface area contributed by atoms with Crippen molar-refractivity contribution in [3.63, 3.8) is 0 Å². The Hall–Kier alpha value is -2.18. The fourth-order valence-electron chi connectivity index (χ4n) is 2.89. The molecule has 2 aromatic rings. The predicted molar refractivity (Wildman–Crippen MR) is 89.8 cm³/mol. The molecule has 0 bridgehead atoms. The summed E-state index contributed by atoms with van der Waals surface area (Å²) in [5.41, 5.74) is 1.87. The van der Waals surface area contributed by atoms with Crippen molar-refractivity contribution >= 4 is 16.0 Å². The number of rotatable bonds is 5. The van der Waals surface area contributed by atoms with E-state index in [4.69, 9.17) is 4.74 Å². The van der Waals surface area contributed by atoms with Crippen molar-refractivity contribution in [1.82, 2.24) is 4.31 Å². The van der Waals surface area contributed by atoms with Gasteiger partial charge in [0.15, 0.2) is 0 Å². The highest BCUT2D eigenvalue weighted by Crippen LogP contribution is 2.49. The van der Waals surface area contributed by atoms with Crippen LogP contribution in [-0.2, 0) is 19.6 Å². The number of aryl methyl sites for hydroxylation is 1. The number of benzene rings is 2. The van der Waals surface area contributed by atoms with E-state index in [0.717, 1.165) is 11.1 Å². The zero-order valence-electron chi connectivity index (χ0n) is 13.5. The van der Waals surface area contributed by atoms with Crippen LogP contribution in [0, 0.1) is 6.92 Å². The summed E-state index contributed by atoms with van der Waals surface area (Å²) in [6.45, 7) is 1.90. The van der Waals surface area contributed by atoms with Crippen LogP contribution in [0.25, 0.3) is 0 Å². The van der Waals surface area contributed by atoms with Crippen molar-refractivity contribution in [2.75, 3.05) is 7.11 Å². The van der Waals surface area contributed by atoms with E-state index in [1.54, 1.807) is 24.3 Å². The Morgan fingerprint density at radius 3 is 2.29 bits per heavy atom. The molecule has 24 heavy (non-hydrogen) atoms. The molecular formula is C18H19NO4S. The molecule has 1 heterocycles. The first-order valence-electron chi connectivity index (χ1n) is 7.67. The second-order valence-electron chi connectivity index (χ2n) is 5.85. The summed E-state index contributed by atoms with van der Waals surface area (Å²) in [6.07, 6.45) is 0.0428. The molecule has 0 saturated carbocycles. The number of nitrogens with zero attached hydrogens (tertiary/aromatic N) is 1. The van der Waals surface area contributed by atoms with E-state index in [-0.39, 0.29) is 17.4 Å². The number of hydrogen-bond donors (Lipinski definition) is 0. The second kappa shape index (κ2) is 6.37. The lowest BCUT2D eigenvalue weighted by Gasteiger charge is -2.07. The molecule has 1 saturated heterocycles. The molecular weight excluding hydrogens is 326 g/mol. The number of esters is 1. The summed E-state index contributed by atoms with van der Waals surface area (Å²) in [6, 6.07) is 15.3. The van der Waals surface area contributed by atoms with E-state index in [2.05, 4.69) is 0 Å². The molecule has 2 aromatic carbocycles. The van der Waals surface area contributed by atoms with Crippen molar-refractivity contribution < 1.29 is 17.9 Å². The van der Waals surface area contributed by atoms with Crippen LogP contribution in [0.15, 0.2) is 59.5 Å². The van der Waals surface area contributed by atoms with Crippen molar-refractivity contribution in [1.29, 1.82) is 0 Å². The summed E-state index contributed by atoms with van der Waals surface area (Å²) in [5.74, 6) is -0.414. The van der Waals surface area contributed by atoms with E-state index >= 15 is 0 Å². The lowest BCUT2D eigenvalue weighted by Crippen LogP contribution is -2.17. The molecule has 126 valence electrons. The molecule has 1 aliphatic heterocycles. The van der Waals surface area contributed by atoms with Crippen molar-refractivity contribution in [3.05, 3.63) is 65.7 Å². The third-order valence-electron chi connectivity index (χ3n) is 4.22. The van der Waals surface area contributed by atoms with Crippen LogP contribution >= 0.6 is 0 Å². The van der Waals surface area contributed by atoms with E-state index < -0.39 is 22.0 Å². The largest absolute Gasteiger partial charge is 0.469 e. The smallest absolute Gasteiger partial charge is 0.307 e. The van der Waals surface area contributed by atoms with Gasteiger partial charge in [0.2, 0.25) is 10.0 Å². The van der Waals surface area contributed by atoms with Crippen LogP contribution in [0.1, 0.15) is 23.6 Å². The van der Waals surface area contributed by atoms with Gasteiger partial charge in [0.25, 0.3) is 0 Å². The van der Waals surface area contributed by atoms with Gasteiger partial charge in [-0.05, 0) is 24.6 Å². The van der Waals surface area contributed by atoms with Crippen LogP contribution in [0.3, 0.4) is 0 Å². The Morgan fingerprint density at radius 1 is 1.08 bits per heavy atom. The topological polar surface area (TPSA) is 63.5 Å². The van der Waals surface area contributed by atoms with Crippen LogP contribution in [0.2, 0.25) is 0 Å². The first-order valence-corrected chi connectivity index (χ1v) is 9.11. The molecule has 1 aliphatic rings. The minimum atomic E-state index is -3.66. The molecule has 3 rings (SSSR count). The highest BCUT2D eigenvalue weighted by Gasteiger charge is 2.56.